The number of piperidine rings is 1. The van der Waals surface area contributed by atoms with E-state index in [4.69, 9.17) is 0 Å². The molecule has 1 fully saturated rings. The van der Waals surface area contributed by atoms with Crippen LogP contribution in [0, 0.1) is 0 Å². The van der Waals surface area contributed by atoms with Crippen LogP contribution in [0.15, 0.2) is 36.8 Å². The van der Waals surface area contributed by atoms with Crippen molar-refractivity contribution < 1.29 is 10.2 Å². The zero-order valence-electron chi connectivity index (χ0n) is 18.5. The van der Waals surface area contributed by atoms with Crippen LogP contribution in [0.5, 0.6) is 11.5 Å². The molecule has 164 valence electrons. The Morgan fingerprint density at radius 2 is 1.77 bits per heavy atom. The summed E-state index contributed by atoms with van der Waals surface area (Å²) in [6.45, 7) is 8.87. The summed E-state index contributed by atoms with van der Waals surface area (Å²) in [5, 5.41) is 36.3. The summed E-state index contributed by atoms with van der Waals surface area (Å²) < 4.78 is 1.48. The van der Waals surface area contributed by atoms with E-state index in [1.165, 1.54) is 17.1 Å². The summed E-state index contributed by atoms with van der Waals surface area (Å²) in [6.07, 6.45) is 6.38. The molecule has 4 rings (SSSR count). The lowest BCUT2D eigenvalue weighted by Crippen LogP contribution is -2.62. The van der Waals surface area contributed by atoms with Gasteiger partial charge in [0.2, 0.25) is 5.95 Å². The molecular weight excluding hydrogens is 394 g/mol. The van der Waals surface area contributed by atoms with E-state index in [0.29, 0.717) is 22.9 Å². The zero-order valence-corrected chi connectivity index (χ0v) is 18.5. The van der Waals surface area contributed by atoms with Crippen molar-refractivity contribution in [2.24, 2.45) is 0 Å². The van der Waals surface area contributed by atoms with E-state index in [0.717, 1.165) is 12.8 Å². The summed E-state index contributed by atoms with van der Waals surface area (Å²) in [4.78, 5) is 6.61. The topological polar surface area (TPSA) is 112 Å². The van der Waals surface area contributed by atoms with Crippen molar-refractivity contribution >= 4 is 5.95 Å². The number of aromatic hydroxyl groups is 2. The van der Waals surface area contributed by atoms with E-state index in [-0.39, 0.29) is 28.6 Å². The second kappa shape index (κ2) is 7.49. The summed E-state index contributed by atoms with van der Waals surface area (Å²) >= 11 is 0. The van der Waals surface area contributed by atoms with Crippen LogP contribution in [-0.4, -0.2) is 59.3 Å². The minimum atomic E-state index is 0.0208. The fourth-order valence-electron chi connectivity index (χ4n) is 4.59. The highest BCUT2D eigenvalue weighted by Gasteiger charge is 2.39. The van der Waals surface area contributed by atoms with Crippen molar-refractivity contribution in [2.45, 2.75) is 57.7 Å². The Kier molecular flexibility index (Phi) is 5.09. The van der Waals surface area contributed by atoms with Gasteiger partial charge in [0, 0.05) is 35.8 Å². The Morgan fingerprint density at radius 1 is 1.06 bits per heavy atom. The number of nitrogens with one attached hydrogen (secondary N) is 1. The van der Waals surface area contributed by atoms with E-state index in [1.807, 2.05) is 7.05 Å². The van der Waals surface area contributed by atoms with Crippen LogP contribution in [0.4, 0.5) is 5.95 Å². The lowest BCUT2D eigenvalue weighted by Gasteiger charge is -2.48. The van der Waals surface area contributed by atoms with Gasteiger partial charge in [-0.2, -0.15) is 5.10 Å². The van der Waals surface area contributed by atoms with Gasteiger partial charge in [-0.05, 0) is 52.7 Å². The third-order valence-corrected chi connectivity index (χ3v) is 5.67. The number of hydrogen-bond donors (Lipinski definition) is 3. The first kappa shape index (κ1) is 21.0. The average molecular weight is 424 g/mol. The summed E-state index contributed by atoms with van der Waals surface area (Å²) in [7, 11) is 2.00. The molecule has 2 aromatic heterocycles. The van der Waals surface area contributed by atoms with E-state index < -0.39 is 0 Å². The highest BCUT2D eigenvalue weighted by molar-refractivity contribution is 5.68. The number of anilines is 1. The van der Waals surface area contributed by atoms with Crippen LogP contribution in [0.3, 0.4) is 0 Å². The molecule has 0 spiro atoms. The largest absolute Gasteiger partial charge is 0.507 e. The maximum Gasteiger partial charge on any atom is 0.245 e. The molecule has 0 atom stereocenters. The van der Waals surface area contributed by atoms with Crippen molar-refractivity contribution in [2.75, 3.05) is 11.9 Å². The van der Waals surface area contributed by atoms with Gasteiger partial charge in [-0.3, -0.25) is 0 Å². The van der Waals surface area contributed by atoms with Crippen LogP contribution in [0.2, 0.25) is 0 Å². The third-order valence-electron chi connectivity index (χ3n) is 5.67. The lowest BCUT2D eigenvalue weighted by molar-refractivity contribution is 0.160. The predicted molar refractivity (Wildman–Crippen MR) is 118 cm³/mol. The molecule has 31 heavy (non-hydrogen) atoms. The molecule has 3 aromatic rings. The van der Waals surface area contributed by atoms with Gasteiger partial charge in [0.05, 0.1) is 24.3 Å². The fraction of sp³-hybridized carbons (Fsp3) is 0.455. The molecule has 9 heteroatoms. The maximum absolute atomic E-state index is 10.5. The standard InChI is InChI=1S/C22H29N7O2/c1-21(2)9-15(10-22(3,4)27-21)28(5)20-23-12-18(25-26-20)17-7-6-14(8-19(17)31)29-13-16(30)11-24-29/h6-8,11-13,15,27,30-31H,9-10H2,1-5H3. The molecule has 0 amide bonds. The second-order valence-electron chi connectivity index (χ2n) is 9.55. The van der Waals surface area contributed by atoms with E-state index in [9.17, 15) is 10.2 Å². The van der Waals surface area contributed by atoms with E-state index >= 15 is 0 Å². The maximum atomic E-state index is 10.5. The normalized spacial score (nSPS) is 18.1. The average Bonchev–Trinajstić information content (AvgIpc) is 3.11. The number of aromatic nitrogens is 5. The Balaban J connectivity index is 1.54. The molecule has 1 saturated heterocycles. The van der Waals surface area contributed by atoms with Crippen molar-refractivity contribution in [3.05, 3.63) is 36.8 Å². The highest BCUT2D eigenvalue weighted by atomic mass is 16.3. The van der Waals surface area contributed by atoms with Crippen molar-refractivity contribution in [1.82, 2.24) is 30.3 Å². The molecule has 1 aromatic carbocycles. The molecule has 0 saturated carbocycles. The van der Waals surface area contributed by atoms with Gasteiger partial charge >= 0.3 is 0 Å². The van der Waals surface area contributed by atoms with Crippen molar-refractivity contribution in [3.63, 3.8) is 0 Å². The Morgan fingerprint density at radius 3 is 2.32 bits per heavy atom. The molecule has 1 aliphatic rings. The number of benzene rings is 1. The van der Waals surface area contributed by atoms with Crippen LogP contribution < -0.4 is 10.2 Å². The number of phenolic OH excluding ortho intramolecular Hbond substituents is 1. The Bertz CT molecular complexity index is 1060. The molecule has 0 unspecified atom stereocenters. The van der Waals surface area contributed by atoms with Crippen LogP contribution in [0.1, 0.15) is 40.5 Å². The molecule has 0 aliphatic carbocycles. The molecule has 0 bridgehead atoms. The summed E-state index contributed by atoms with van der Waals surface area (Å²) in [5.74, 6) is 0.649. The van der Waals surface area contributed by atoms with E-state index in [1.54, 1.807) is 24.4 Å². The number of hydrogen-bond acceptors (Lipinski definition) is 8. The summed E-state index contributed by atoms with van der Waals surface area (Å²) in [6, 6.07) is 5.36. The first-order chi connectivity index (χ1) is 14.5. The van der Waals surface area contributed by atoms with Crippen LogP contribution in [-0.2, 0) is 0 Å². The molecule has 9 nitrogen and oxygen atoms in total. The fourth-order valence-corrected chi connectivity index (χ4v) is 4.59. The van der Waals surface area contributed by atoms with Crippen LogP contribution >= 0.6 is 0 Å². The number of rotatable bonds is 4. The van der Waals surface area contributed by atoms with Gasteiger partial charge in [0.15, 0.2) is 5.75 Å². The third kappa shape index (κ3) is 4.46. The van der Waals surface area contributed by atoms with Crippen molar-refractivity contribution in [1.29, 1.82) is 0 Å². The second-order valence-corrected chi connectivity index (χ2v) is 9.55. The lowest BCUT2D eigenvalue weighted by atomic mass is 9.79. The Hall–Kier alpha value is -3.20. The molecule has 3 N–H and O–H groups in total. The first-order valence-corrected chi connectivity index (χ1v) is 10.3. The Labute approximate surface area is 181 Å². The van der Waals surface area contributed by atoms with E-state index in [2.05, 4.69) is 58.2 Å². The van der Waals surface area contributed by atoms with Gasteiger partial charge in [-0.1, -0.05) is 0 Å². The minimum Gasteiger partial charge on any atom is -0.507 e. The quantitative estimate of drug-likeness (QED) is 0.587. The first-order valence-electron chi connectivity index (χ1n) is 10.3. The van der Waals surface area contributed by atoms with Crippen molar-refractivity contribution in [3.8, 4) is 28.4 Å². The minimum absolute atomic E-state index is 0.0208. The predicted octanol–water partition coefficient (Wildman–Crippen LogP) is 2.88. The van der Waals surface area contributed by atoms with Gasteiger partial charge in [0.25, 0.3) is 0 Å². The number of phenols is 1. The highest BCUT2D eigenvalue weighted by Crippen LogP contribution is 2.33. The molecular formula is C22H29N7O2. The summed E-state index contributed by atoms with van der Waals surface area (Å²) in [5.41, 5.74) is 1.67. The smallest absolute Gasteiger partial charge is 0.245 e. The van der Waals surface area contributed by atoms with Gasteiger partial charge < -0.3 is 20.4 Å². The number of nitrogens with zero attached hydrogens (tertiary/aromatic N) is 6. The zero-order chi connectivity index (χ0) is 22.4. The van der Waals surface area contributed by atoms with Gasteiger partial charge in [-0.25, -0.2) is 9.67 Å². The monoisotopic (exact) mass is 423 g/mol. The molecule has 0 radical (unpaired) electrons. The molecule has 1 aliphatic heterocycles. The SMILES string of the molecule is CN(c1ncc(-c2ccc(-n3cc(O)cn3)cc2O)nn1)C1CC(C)(C)NC(C)(C)C1. The molecule has 3 heterocycles. The van der Waals surface area contributed by atoms with Crippen LogP contribution in [0.25, 0.3) is 16.9 Å². The van der Waals surface area contributed by atoms with Gasteiger partial charge in [0.1, 0.15) is 11.4 Å². The van der Waals surface area contributed by atoms with Gasteiger partial charge in [-0.15, -0.1) is 10.2 Å².